The smallest absolute Gasteiger partial charge is 0.420 e. The molecule has 32 heavy (non-hydrogen) atoms. The van der Waals surface area contributed by atoms with E-state index in [9.17, 15) is 13.6 Å². The number of halogens is 3. The van der Waals surface area contributed by atoms with E-state index >= 15 is 0 Å². The van der Waals surface area contributed by atoms with E-state index in [0.717, 1.165) is 25.3 Å². The molecule has 3 aromatic rings. The fourth-order valence-corrected chi connectivity index (χ4v) is 3.55. The van der Waals surface area contributed by atoms with Crippen LogP contribution in [-0.4, -0.2) is 44.7 Å². The molecule has 0 unspecified atom stereocenters. The van der Waals surface area contributed by atoms with E-state index in [1.54, 1.807) is 12.3 Å². The van der Waals surface area contributed by atoms with Crippen LogP contribution in [0.5, 0.6) is 5.75 Å². The fraction of sp³-hybridized carbons (Fsp3) is 0.286. The van der Waals surface area contributed by atoms with Crippen LogP contribution in [0.25, 0.3) is 11.3 Å². The van der Waals surface area contributed by atoms with E-state index in [2.05, 4.69) is 42.0 Å². The number of benzene rings is 1. The summed E-state index contributed by atoms with van der Waals surface area (Å²) in [6.45, 7) is 3.89. The maximum atomic E-state index is 12.8. The molecule has 3 heterocycles. The van der Waals surface area contributed by atoms with Gasteiger partial charge in [-0.25, -0.2) is 9.97 Å². The standard InChI is InChI=1S/C21H19ClF2N6O2/c1-13-6-7-30(11-13)19-17(18-10-25-12-27-29-18)8-14(9-26-19)20(31)28-15-2-4-16(5-3-15)32-21(22,23)24/h2-5,8-10,12-13H,6-7,11H2,1H3,(H,28,31)/t13-/m1/s1. The van der Waals surface area contributed by atoms with Crippen LogP contribution < -0.4 is 15.0 Å². The van der Waals surface area contributed by atoms with Crippen LogP contribution in [0.15, 0.2) is 49.1 Å². The van der Waals surface area contributed by atoms with Gasteiger partial charge in [0.05, 0.1) is 11.8 Å². The maximum Gasteiger partial charge on any atom is 0.487 e. The zero-order valence-electron chi connectivity index (χ0n) is 17.0. The summed E-state index contributed by atoms with van der Waals surface area (Å²) < 4.78 is 29.7. The van der Waals surface area contributed by atoms with E-state index in [1.165, 1.54) is 36.8 Å². The molecule has 1 aromatic carbocycles. The Morgan fingerprint density at radius 3 is 2.69 bits per heavy atom. The van der Waals surface area contributed by atoms with Gasteiger partial charge < -0.3 is 15.0 Å². The number of rotatable bonds is 6. The Labute approximate surface area is 187 Å². The number of alkyl halides is 3. The maximum absolute atomic E-state index is 12.8. The van der Waals surface area contributed by atoms with Gasteiger partial charge in [-0.1, -0.05) is 6.92 Å². The first-order valence-corrected chi connectivity index (χ1v) is 10.2. The van der Waals surface area contributed by atoms with Crippen molar-refractivity contribution < 1.29 is 18.3 Å². The molecule has 8 nitrogen and oxygen atoms in total. The Hall–Kier alpha value is -3.40. The summed E-state index contributed by atoms with van der Waals surface area (Å²) in [5, 5.41) is 10.7. The topological polar surface area (TPSA) is 93.1 Å². The Morgan fingerprint density at radius 2 is 2.06 bits per heavy atom. The van der Waals surface area contributed by atoms with Crippen molar-refractivity contribution >= 4 is 29.0 Å². The van der Waals surface area contributed by atoms with Gasteiger partial charge in [-0.15, -0.1) is 19.0 Å². The molecule has 4 rings (SSSR count). The van der Waals surface area contributed by atoms with E-state index in [0.29, 0.717) is 28.4 Å². The highest BCUT2D eigenvalue weighted by molar-refractivity contribution is 6.20. The zero-order chi connectivity index (χ0) is 22.7. The summed E-state index contributed by atoms with van der Waals surface area (Å²) in [5.41, 5.74) is -1.96. The average molecular weight is 461 g/mol. The minimum absolute atomic E-state index is 0.133. The third-order valence-corrected chi connectivity index (χ3v) is 5.03. The van der Waals surface area contributed by atoms with Crippen molar-refractivity contribution in [1.29, 1.82) is 0 Å². The summed E-state index contributed by atoms with van der Waals surface area (Å²) in [5.74, 6) is 0.703. The minimum Gasteiger partial charge on any atom is -0.420 e. The molecule has 1 atom stereocenters. The molecule has 1 amide bonds. The van der Waals surface area contributed by atoms with Crippen molar-refractivity contribution in [1.82, 2.24) is 20.2 Å². The van der Waals surface area contributed by atoms with Crippen molar-refractivity contribution in [3.05, 3.63) is 54.6 Å². The summed E-state index contributed by atoms with van der Waals surface area (Å²) >= 11 is 4.76. The SMILES string of the molecule is C[C@@H]1CCN(c2ncc(C(=O)Nc3ccc(OC(F)(F)Cl)cc3)cc2-c2cncnn2)C1. The molecule has 1 fully saturated rings. The lowest BCUT2D eigenvalue weighted by Gasteiger charge is -2.20. The van der Waals surface area contributed by atoms with Crippen LogP contribution in [0.2, 0.25) is 0 Å². The number of ether oxygens (including phenoxy) is 1. The molecule has 1 aliphatic heterocycles. The molecule has 11 heteroatoms. The summed E-state index contributed by atoms with van der Waals surface area (Å²) in [4.78, 5) is 23.5. The van der Waals surface area contributed by atoms with Gasteiger partial charge in [-0.3, -0.25) is 4.79 Å². The molecular formula is C21H19ClF2N6O2. The van der Waals surface area contributed by atoms with Crippen molar-refractivity contribution in [2.45, 2.75) is 18.9 Å². The second-order valence-corrected chi connectivity index (χ2v) is 7.90. The molecule has 0 saturated carbocycles. The Kier molecular flexibility index (Phi) is 6.13. The predicted molar refractivity (Wildman–Crippen MR) is 115 cm³/mol. The number of anilines is 2. The number of nitrogens with zero attached hydrogens (tertiary/aromatic N) is 5. The molecule has 0 bridgehead atoms. The summed E-state index contributed by atoms with van der Waals surface area (Å²) in [6.07, 6.45) is 5.45. The number of nitrogens with one attached hydrogen (secondary N) is 1. The first kappa shape index (κ1) is 21.8. The van der Waals surface area contributed by atoms with E-state index in [4.69, 9.17) is 11.6 Å². The number of carbonyl (C=O) groups excluding carboxylic acids is 1. The number of aromatic nitrogens is 4. The molecule has 0 radical (unpaired) electrons. The monoisotopic (exact) mass is 460 g/mol. The lowest BCUT2D eigenvalue weighted by Crippen LogP contribution is -2.22. The molecular weight excluding hydrogens is 442 g/mol. The quantitative estimate of drug-likeness (QED) is 0.551. The molecule has 0 aliphatic carbocycles. The Balaban J connectivity index is 1.57. The first-order chi connectivity index (χ1) is 15.3. The van der Waals surface area contributed by atoms with Gasteiger partial charge >= 0.3 is 5.57 Å². The van der Waals surface area contributed by atoms with Crippen molar-refractivity contribution in [3.63, 3.8) is 0 Å². The highest BCUT2D eigenvalue weighted by Gasteiger charge is 2.27. The normalized spacial score (nSPS) is 16.1. The minimum atomic E-state index is -3.81. The predicted octanol–water partition coefficient (Wildman–Crippen LogP) is 4.20. The van der Waals surface area contributed by atoms with Crippen LogP contribution in [0.4, 0.5) is 20.3 Å². The Morgan fingerprint density at radius 1 is 1.28 bits per heavy atom. The van der Waals surface area contributed by atoms with Gasteiger partial charge in [-0.05, 0) is 42.7 Å². The van der Waals surface area contributed by atoms with Gasteiger partial charge in [-0.2, -0.15) is 0 Å². The van der Waals surface area contributed by atoms with Gasteiger partial charge in [0.1, 0.15) is 23.6 Å². The number of carbonyl (C=O) groups is 1. The van der Waals surface area contributed by atoms with Crippen molar-refractivity contribution in [3.8, 4) is 17.0 Å². The van der Waals surface area contributed by atoms with Gasteiger partial charge in [0.25, 0.3) is 5.91 Å². The van der Waals surface area contributed by atoms with E-state index < -0.39 is 11.5 Å². The number of hydrogen-bond acceptors (Lipinski definition) is 7. The number of pyridine rings is 1. The van der Waals surface area contributed by atoms with Crippen molar-refractivity contribution in [2.75, 3.05) is 23.3 Å². The van der Waals surface area contributed by atoms with Gasteiger partial charge in [0, 0.05) is 42.1 Å². The van der Waals surface area contributed by atoms with Crippen LogP contribution in [0.1, 0.15) is 23.7 Å². The van der Waals surface area contributed by atoms with Crippen LogP contribution in [-0.2, 0) is 0 Å². The Bertz CT molecular complexity index is 1100. The van der Waals surface area contributed by atoms with E-state index in [1.807, 2.05) is 0 Å². The van der Waals surface area contributed by atoms with Gasteiger partial charge in [0.15, 0.2) is 0 Å². The molecule has 0 spiro atoms. The lowest BCUT2D eigenvalue weighted by atomic mass is 10.1. The van der Waals surface area contributed by atoms with E-state index in [-0.39, 0.29) is 5.75 Å². The second-order valence-electron chi connectivity index (χ2n) is 7.46. The third-order valence-electron chi connectivity index (χ3n) is 4.95. The highest BCUT2D eigenvalue weighted by Crippen LogP contribution is 2.32. The molecule has 1 N–H and O–H groups in total. The van der Waals surface area contributed by atoms with Crippen LogP contribution in [0, 0.1) is 5.92 Å². The molecule has 166 valence electrons. The molecule has 2 aromatic heterocycles. The first-order valence-electron chi connectivity index (χ1n) is 9.84. The lowest BCUT2D eigenvalue weighted by molar-refractivity contribution is -0.0964. The average Bonchev–Trinajstić information content (AvgIpc) is 3.20. The largest absolute Gasteiger partial charge is 0.487 e. The summed E-state index contributed by atoms with van der Waals surface area (Å²) in [7, 11) is 0. The highest BCUT2D eigenvalue weighted by atomic mass is 35.5. The molecule has 1 saturated heterocycles. The van der Waals surface area contributed by atoms with Crippen LogP contribution in [0.3, 0.4) is 0 Å². The zero-order valence-corrected chi connectivity index (χ0v) is 17.8. The summed E-state index contributed by atoms with van der Waals surface area (Å²) in [6, 6.07) is 7.10. The van der Waals surface area contributed by atoms with Crippen LogP contribution >= 0.6 is 11.6 Å². The third kappa shape index (κ3) is 5.25. The molecule has 1 aliphatic rings. The number of amides is 1. The number of hydrogen-bond donors (Lipinski definition) is 1. The van der Waals surface area contributed by atoms with Crippen molar-refractivity contribution in [2.24, 2.45) is 5.92 Å². The van der Waals surface area contributed by atoms with Gasteiger partial charge in [0.2, 0.25) is 0 Å². The second kappa shape index (κ2) is 8.99. The fourth-order valence-electron chi connectivity index (χ4n) is 3.46.